The molecule has 1 aromatic carbocycles. The number of para-hydroxylation sites is 2. The molecule has 1 N–H and O–H groups in total. The summed E-state index contributed by atoms with van der Waals surface area (Å²) in [5.74, 6) is 2.57. The molecule has 3 nitrogen and oxygen atoms in total. The molecule has 1 amide bonds. The Morgan fingerprint density at radius 3 is 2.84 bits per heavy atom. The summed E-state index contributed by atoms with van der Waals surface area (Å²) in [6, 6.07) is 7.67. The molecule has 2 aliphatic rings. The summed E-state index contributed by atoms with van der Waals surface area (Å²) >= 11 is 0. The van der Waals surface area contributed by atoms with Crippen LogP contribution in [0, 0.1) is 17.8 Å². The van der Waals surface area contributed by atoms with Crippen LogP contribution in [-0.2, 0) is 4.79 Å². The van der Waals surface area contributed by atoms with Gasteiger partial charge in [-0.2, -0.15) is 0 Å². The van der Waals surface area contributed by atoms with Crippen molar-refractivity contribution in [3.05, 3.63) is 24.3 Å². The van der Waals surface area contributed by atoms with Gasteiger partial charge in [0.15, 0.2) is 0 Å². The minimum absolute atomic E-state index is 0.180. The number of carbonyl (C=O) groups is 1. The molecule has 19 heavy (non-hydrogen) atoms. The molecule has 3 heteroatoms. The highest BCUT2D eigenvalue weighted by Crippen LogP contribution is 2.48. The number of nitrogens with one attached hydrogen (secondary N) is 1. The van der Waals surface area contributed by atoms with Crippen molar-refractivity contribution in [3.8, 4) is 5.75 Å². The Bertz CT molecular complexity index is 472. The molecule has 0 radical (unpaired) electrons. The van der Waals surface area contributed by atoms with Crippen molar-refractivity contribution in [2.45, 2.75) is 32.6 Å². The minimum Gasteiger partial charge on any atom is -0.492 e. The van der Waals surface area contributed by atoms with Crippen LogP contribution in [0.1, 0.15) is 32.6 Å². The summed E-state index contributed by atoms with van der Waals surface area (Å²) in [5.41, 5.74) is 0.803. The van der Waals surface area contributed by atoms with Crippen molar-refractivity contribution in [3.63, 3.8) is 0 Å². The number of hydrogen-bond acceptors (Lipinski definition) is 2. The summed E-state index contributed by atoms with van der Waals surface area (Å²) in [5, 5.41) is 3.06. The highest BCUT2D eigenvalue weighted by molar-refractivity contribution is 5.94. The van der Waals surface area contributed by atoms with Gasteiger partial charge in [-0.3, -0.25) is 4.79 Å². The third-order valence-electron chi connectivity index (χ3n) is 4.52. The van der Waals surface area contributed by atoms with Gasteiger partial charge in [0.2, 0.25) is 5.91 Å². The van der Waals surface area contributed by atoms with Crippen LogP contribution in [0.3, 0.4) is 0 Å². The number of fused-ring (bicyclic) bond motifs is 2. The summed E-state index contributed by atoms with van der Waals surface area (Å²) in [4.78, 5) is 12.4. The van der Waals surface area contributed by atoms with Gasteiger partial charge in [0.25, 0.3) is 0 Å². The maximum Gasteiger partial charge on any atom is 0.227 e. The molecule has 2 bridgehead atoms. The minimum atomic E-state index is 0.180. The lowest BCUT2D eigenvalue weighted by molar-refractivity contribution is -0.121. The van der Waals surface area contributed by atoms with Gasteiger partial charge in [-0.05, 0) is 50.2 Å². The average Bonchev–Trinajstić information content (AvgIpc) is 3.03. The molecule has 0 saturated heterocycles. The molecular weight excluding hydrogens is 238 g/mol. The fraction of sp³-hybridized carbons (Fsp3) is 0.562. The summed E-state index contributed by atoms with van der Waals surface area (Å²) in [6.45, 7) is 2.57. The van der Waals surface area contributed by atoms with Crippen LogP contribution >= 0.6 is 0 Å². The first-order valence-corrected chi connectivity index (χ1v) is 7.30. The predicted octanol–water partition coefficient (Wildman–Crippen LogP) is 3.46. The van der Waals surface area contributed by atoms with E-state index in [0.29, 0.717) is 12.5 Å². The Balaban J connectivity index is 1.69. The van der Waals surface area contributed by atoms with Gasteiger partial charge < -0.3 is 10.1 Å². The van der Waals surface area contributed by atoms with E-state index >= 15 is 0 Å². The number of rotatable bonds is 4. The van der Waals surface area contributed by atoms with E-state index in [0.717, 1.165) is 23.8 Å². The van der Waals surface area contributed by atoms with Crippen molar-refractivity contribution in [1.29, 1.82) is 0 Å². The maximum absolute atomic E-state index is 12.4. The quantitative estimate of drug-likeness (QED) is 0.899. The normalized spacial score (nSPS) is 28.4. The van der Waals surface area contributed by atoms with Crippen molar-refractivity contribution in [2.75, 3.05) is 11.9 Å². The zero-order chi connectivity index (χ0) is 13.2. The largest absolute Gasteiger partial charge is 0.492 e. The van der Waals surface area contributed by atoms with E-state index in [9.17, 15) is 4.79 Å². The second-order valence-electron chi connectivity index (χ2n) is 5.70. The number of hydrogen-bond donors (Lipinski definition) is 1. The number of anilines is 1. The van der Waals surface area contributed by atoms with Crippen LogP contribution in [0.25, 0.3) is 0 Å². The molecule has 2 saturated carbocycles. The van der Waals surface area contributed by atoms with Crippen molar-refractivity contribution in [2.24, 2.45) is 17.8 Å². The first-order valence-electron chi connectivity index (χ1n) is 7.30. The zero-order valence-corrected chi connectivity index (χ0v) is 11.4. The van der Waals surface area contributed by atoms with Gasteiger partial charge in [0.05, 0.1) is 12.3 Å². The third kappa shape index (κ3) is 2.46. The number of ether oxygens (including phenoxy) is 1. The van der Waals surface area contributed by atoms with E-state index in [1.54, 1.807) is 0 Å². The monoisotopic (exact) mass is 259 g/mol. The van der Waals surface area contributed by atoms with Crippen LogP contribution in [0.15, 0.2) is 24.3 Å². The maximum atomic E-state index is 12.4. The topological polar surface area (TPSA) is 38.3 Å². The number of benzene rings is 1. The van der Waals surface area contributed by atoms with E-state index in [2.05, 4.69) is 5.32 Å². The second kappa shape index (κ2) is 5.24. The fourth-order valence-electron chi connectivity index (χ4n) is 3.64. The number of carbonyl (C=O) groups excluding carboxylic acids is 1. The van der Waals surface area contributed by atoms with Crippen LogP contribution < -0.4 is 10.1 Å². The lowest BCUT2D eigenvalue weighted by atomic mass is 9.88. The zero-order valence-electron chi connectivity index (χ0n) is 11.4. The number of amides is 1. The van der Waals surface area contributed by atoms with Crippen molar-refractivity contribution < 1.29 is 9.53 Å². The van der Waals surface area contributed by atoms with Crippen molar-refractivity contribution in [1.82, 2.24) is 0 Å². The van der Waals surface area contributed by atoms with E-state index in [1.807, 2.05) is 31.2 Å². The molecule has 0 heterocycles. The lowest BCUT2D eigenvalue weighted by Gasteiger charge is -2.21. The Kier molecular flexibility index (Phi) is 3.45. The highest BCUT2D eigenvalue weighted by Gasteiger charge is 2.43. The summed E-state index contributed by atoms with van der Waals surface area (Å²) < 4.78 is 5.55. The van der Waals surface area contributed by atoms with E-state index in [-0.39, 0.29) is 11.8 Å². The first kappa shape index (κ1) is 12.5. The molecule has 0 spiro atoms. The molecule has 2 fully saturated rings. The van der Waals surface area contributed by atoms with E-state index in [1.165, 1.54) is 19.3 Å². The third-order valence-corrected chi connectivity index (χ3v) is 4.52. The Morgan fingerprint density at radius 1 is 1.32 bits per heavy atom. The Hall–Kier alpha value is -1.51. The van der Waals surface area contributed by atoms with Crippen LogP contribution in [0.4, 0.5) is 5.69 Å². The Morgan fingerprint density at radius 2 is 2.16 bits per heavy atom. The average molecular weight is 259 g/mol. The second-order valence-corrected chi connectivity index (χ2v) is 5.70. The van der Waals surface area contributed by atoms with E-state index in [4.69, 9.17) is 4.74 Å². The molecule has 3 atom stereocenters. The standard InChI is InChI=1S/C16H21NO2/c1-2-19-15-6-4-3-5-14(15)17-16(18)13-10-11-7-8-12(13)9-11/h3-6,11-13H,2,7-10H2,1H3,(H,17,18). The van der Waals surface area contributed by atoms with Crippen LogP contribution in [0.2, 0.25) is 0 Å². The molecule has 1 aromatic rings. The SMILES string of the molecule is CCOc1ccccc1NC(=O)C1CC2CCC1C2. The molecule has 2 aliphatic carbocycles. The summed E-state index contributed by atoms with van der Waals surface area (Å²) in [7, 11) is 0. The first-order chi connectivity index (χ1) is 9.28. The lowest BCUT2D eigenvalue weighted by Crippen LogP contribution is -2.27. The smallest absolute Gasteiger partial charge is 0.227 e. The van der Waals surface area contributed by atoms with Crippen molar-refractivity contribution >= 4 is 11.6 Å². The van der Waals surface area contributed by atoms with E-state index < -0.39 is 0 Å². The van der Waals surface area contributed by atoms with Crippen LogP contribution in [-0.4, -0.2) is 12.5 Å². The van der Waals surface area contributed by atoms with Gasteiger partial charge in [-0.1, -0.05) is 18.6 Å². The van der Waals surface area contributed by atoms with Gasteiger partial charge in [-0.25, -0.2) is 0 Å². The fourth-order valence-corrected chi connectivity index (χ4v) is 3.64. The van der Waals surface area contributed by atoms with Gasteiger partial charge in [0, 0.05) is 5.92 Å². The van der Waals surface area contributed by atoms with Gasteiger partial charge in [-0.15, -0.1) is 0 Å². The van der Waals surface area contributed by atoms with Gasteiger partial charge in [0.1, 0.15) is 5.75 Å². The van der Waals surface area contributed by atoms with Gasteiger partial charge >= 0.3 is 0 Å². The summed E-state index contributed by atoms with van der Waals surface area (Å²) in [6.07, 6.45) is 4.89. The molecule has 0 aliphatic heterocycles. The molecule has 102 valence electrons. The molecule has 3 unspecified atom stereocenters. The van der Waals surface area contributed by atoms with Crippen LogP contribution in [0.5, 0.6) is 5.75 Å². The molecular formula is C16H21NO2. The molecule has 0 aromatic heterocycles. The Labute approximate surface area is 114 Å². The molecule has 3 rings (SSSR count). The predicted molar refractivity (Wildman–Crippen MR) is 75.2 cm³/mol. The highest BCUT2D eigenvalue weighted by atomic mass is 16.5.